The van der Waals surface area contributed by atoms with Gasteiger partial charge in [-0.15, -0.1) is 0 Å². The summed E-state index contributed by atoms with van der Waals surface area (Å²) in [5.41, 5.74) is -0.627. The zero-order valence-corrected chi connectivity index (χ0v) is 14.2. The number of ether oxygens (including phenoxy) is 1. The highest BCUT2D eigenvalue weighted by atomic mass is 32.1. The molecule has 116 valence electrons. The van der Waals surface area contributed by atoms with Crippen molar-refractivity contribution in [1.29, 1.82) is 0 Å². The van der Waals surface area contributed by atoms with Crippen molar-refractivity contribution >= 4 is 23.2 Å². The van der Waals surface area contributed by atoms with Gasteiger partial charge in [-0.05, 0) is 53.4 Å². The van der Waals surface area contributed by atoms with Gasteiger partial charge in [0.05, 0.1) is 16.0 Å². The maximum atomic E-state index is 6.05. The summed E-state index contributed by atoms with van der Waals surface area (Å²) in [7, 11) is -0.337. The summed E-state index contributed by atoms with van der Waals surface area (Å²) in [6, 6.07) is 0. The molecule has 1 aliphatic heterocycles. The van der Waals surface area contributed by atoms with Gasteiger partial charge in [-0.3, -0.25) is 0 Å². The zero-order valence-electron chi connectivity index (χ0n) is 13.3. The molecule has 0 atom stereocenters. The predicted octanol–water partition coefficient (Wildman–Crippen LogP) is 3.15. The minimum atomic E-state index is -0.337. The minimum Gasteiger partial charge on any atom is -0.467 e. The molecule has 0 bridgehead atoms. The van der Waals surface area contributed by atoms with Gasteiger partial charge >= 0.3 is 7.12 Å². The molecule has 0 aromatic carbocycles. The van der Waals surface area contributed by atoms with Crippen LogP contribution in [0.4, 0.5) is 0 Å². The Balaban J connectivity index is 1.65. The van der Waals surface area contributed by atoms with E-state index in [4.69, 9.17) is 14.0 Å². The molecule has 1 saturated carbocycles. The molecule has 6 heteroatoms. The lowest BCUT2D eigenvalue weighted by molar-refractivity contribution is 0.00578. The van der Waals surface area contributed by atoms with Crippen molar-refractivity contribution in [2.45, 2.75) is 77.1 Å². The molecule has 0 spiro atoms. The van der Waals surface area contributed by atoms with E-state index in [0.29, 0.717) is 6.10 Å². The molecule has 0 unspecified atom stereocenters. The topological polar surface area (TPSA) is 40.6 Å². The summed E-state index contributed by atoms with van der Waals surface area (Å²) in [5.74, 6) is 0. The van der Waals surface area contributed by atoms with Crippen LogP contribution in [0.5, 0.6) is 5.19 Å². The van der Waals surface area contributed by atoms with Crippen LogP contribution in [0, 0.1) is 0 Å². The molecule has 0 radical (unpaired) electrons. The molecule has 2 heterocycles. The summed E-state index contributed by atoms with van der Waals surface area (Å²) in [6.07, 6.45) is 8.30. The number of rotatable bonds is 3. The molecule has 3 rings (SSSR count). The lowest BCUT2D eigenvalue weighted by Crippen LogP contribution is -2.41. The normalized spacial score (nSPS) is 25.2. The van der Waals surface area contributed by atoms with Crippen molar-refractivity contribution < 1.29 is 14.0 Å². The summed E-state index contributed by atoms with van der Waals surface area (Å²) in [5, 5.41) is 0.742. The van der Waals surface area contributed by atoms with Crippen LogP contribution >= 0.6 is 11.3 Å². The third kappa shape index (κ3) is 3.12. The number of aromatic nitrogens is 1. The van der Waals surface area contributed by atoms with E-state index in [9.17, 15) is 0 Å². The molecule has 1 saturated heterocycles. The van der Waals surface area contributed by atoms with Crippen LogP contribution in [0.1, 0.15) is 59.8 Å². The van der Waals surface area contributed by atoms with Gasteiger partial charge in [0.25, 0.3) is 5.19 Å². The molecular formula is C15H24BNO3S. The van der Waals surface area contributed by atoms with Crippen molar-refractivity contribution in [3.05, 3.63) is 6.20 Å². The van der Waals surface area contributed by atoms with Gasteiger partial charge in [-0.2, -0.15) is 0 Å². The molecule has 1 aromatic heterocycles. The largest absolute Gasteiger partial charge is 0.507 e. The van der Waals surface area contributed by atoms with Crippen LogP contribution in [-0.4, -0.2) is 29.4 Å². The number of thiazole rings is 1. The van der Waals surface area contributed by atoms with E-state index < -0.39 is 0 Å². The molecule has 0 N–H and O–H groups in total. The van der Waals surface area contributed by atoms with E-state index in [-0.39, 0.29) is 18.3 Å². The molecule has 21 heavy (non-hydrogen) atoms. The highest BCUT2D eigenvalue weighted by molar-refractivity contribution is 7.23. The molecular weight excluding hydrogens is 285 g/mol. The summed E-state index contributed by atoms with van der Waals surface area (Å²) in [4.78, 5) is 4.39. The molecule has 4 nitrogen and oxygen atoms in total. The van der Waals surface area contributed by atoms with Gasteiger partial charge in [-0.25, -0.2) is 4.98 Å². The third-order valence-corrected chi connectivity index (χ3v) is 5.72. The monoisotopic (exact) mass is 309 g/mol. The summed E-state index contributed by atoms with van der Waals surface area (Å²) >= 11 is 1.54. The zero-order chi connectivity index (χ0) is 15.1. The van der Waals surface area contributed by atoms with Crippen LogP contribution in [-0.2, 0) is 9.31 Å². The van der Waals surface area contributed by atoms with E-state index in [1.54, 1.807) is 11.3 Å². The lowest BCUT2D eigenvalue weighted by Gasteiger charge is -2.32. The number of hydrogen-bond acceptors (Lipinski definition) is 5. The fraction of sp³-hybridized carbons (Fsp3) is 0.800. The first-order valence-corrected chi connectivity index (χ1v) is 8.67. The standard InChI is InChI=1S/C15H24BNO3S/c1-14(2)15(3,4)20-16(19-14)12-10-17-13(21-12)18-11-8-6-5-7-9-11/h10-11H,5-9H2,1-4H3. The Hall–Kier alpha value is -0.585. The highest BCUT2D eigenvalue weighted by Crippen LogP contribution is 2.37. The Morgan fingerprint density at radius 1 is 1.14 bits per heavy atom. The van der Waals surface area contributed by atoms with E-state index in [2.05, 4.69) is 32.7 Å². The van der Waals surface area contributed by atoms with Crippen molar-refractivity contribution in [3.8, 4) is 5.19 Å². The fourth-order valence-corrected chi connectivity index (χ4v) is 3.51. The molecule has 2 aliphatic rings. The van der Waals surface area contributed by atoms with E-state index in [1.165, 1.54) is 19.3 Å². The summed E-state index contributed by atoms with van der Waals surface area (Å²) in [6.45, 7) is 8.25. The smallest absolute Gasteiger partial charge is 0.467 e. The Kier molecular flexibility index (Phi) is 4.05. The SMILES string of the molecule is CC1(C)OB(c2cnc(OC3CCCCC3)s2)OC1(C)C. The van der Waals surface area contributed by atoms with Gasteiger partial charge < -0.3 is 14.0 Å². The van der Waals surface area contributed by atoms with Crippen molar-refractivity contribution in [2.24, 2.45) is 0 Å². The van der Waals surface area contributed by atoms with Gasteiger partial charge in [0.2, 0.25) is 0 Å². The second-order valence-electron chi connectivity index (χ2n) is 6.99. The maximum absolute atomic E-state index is 6.05. The van der Waals surface area contributed by atoms with Crippen LogP contribution in [0.3, 0.4) is 0 Å². The van der Waals surface area contributed by atoms with Crippen LogP contribution in [0.25, 0.3) is 0 Å². The lowest BCUT2D eigenvalue weighted by atomic mass is 9.89. The third-order valence-electron chi connectivity index (χ3n) is 4.81. The van der Waals surface area contributed by atoms with Crippen LogP contribution in [0.15, 0.2) is 6.20 Å². The minimum absolute atomic E-state index is 0.313. The van der Waals surface area contributed by atoms with Crippen LogP contribution in [0.2, 0.25) is 0 Å². The van der Waals surface area contributed by atoms with E-state index in [1.807, 2.05) is 6.20 Å². The first-order chi connectivity index (χ1) is 9.87. The fourth-order valence-electron chi connectivity index (χ4n) is 2.72. The Morgan fingerprint density at radius 2 is 1.76 bits per heavy atom. The van der Waals surface area contributed by atoms with Gasteiger partial charge in [0, 0.05) is 6.20 Å². The predicted molar refractivity (Wildman–Crippen MR) is 85.3 cm³/mol. The second-order valence-corrected chi connectivity index (χ2v) is 8.02. The average Bonchev–Trinajstić information content (AvgIpc) is 2.94. The number of hydrogen-bond donors (Lipinski definition) is 0. The highest BCUT2D eigenvalue weighted by Gasteiger charge is 2.52. The van der Waals surface area contributed by atoms with Gasteiger partial charge in [0.1, 0.15) is 6.10 Å². The maximum Gasteiger partial charge on any atom is 0.507 e. The van der Waals surface area contributed by atoms with Crippen LogP contribution < -0.4 is 9.51 Å². The van der Waals surface area contributed by atoms with Gasteiger partial charge in [-0.1, -0.05) is 17.8 Å². The Labute approximate surface area is 131 Å². The quantitative estimate of drug-likeness (QED) is 0.804. The van der Waals surface area contributed by atoms with Gasteiger partial charge in [0.15, 0.2) is 0 Å². The van der Waals surface area contributed by atoms with E-state index >= 15 is 0 Å². The molecule has 1 aliphatic carbocycles. The van der Waals surface area contributed by atoms with E-state index in [0.717, 1.165) is 22.8 Å². The first-order valence-electron chi connectivity index (χ1n) is 7.85. The molecule has 0 amide bonds. The number of nitrogens with zero attached hydrogens (tertiary/aromatic N) is 1. The van der Waals surface area contributed by atoms with Crippen molar-refractivity contribution in [2.75, 3.05) is 0 Å². The first kappa shape index (κ1) is 15.3. The molecule has 1 aromatic rings. The molecule has 2 fully saturated rings. The Bertz CT molecular complexity index is 481. The Morgan fingerprint density at radius 3 is 2.38 bits per heavy atom. The van der Waals surface area contributed by atoms with Crippen molar-refractivity contribution in [3.63, 3.8) is 0 Å². The van der Waals surface area contributed by atoms with Crippen molar-refractivity contribution in [1.82, 2.24) is 4.98 Å². The second kappa shape index (κ2) is 5.56. The summed E-state index contributed by atoms with van der Waals surface area (Å²) < 4.78 is 19.1. The average molecular weight is 309 g/mol.